The van der Waals surface area contributed by atoms with Crippen LogP contribution in [0, 0.1) is 0 Å². The molecule has 4 heterocycles. The number of alkyl halides is 3. The molecule has 41 heavy (non-hydrogen) atoms. The summed E-state index contributed by atoms with van der Waals surface area (Å²) in [7, 11) is 1.53. The summed E-state index contributed by atoms with van der Waals surface area (Å²) in [5, 5.41) is 4.91. The number of carbonyl (C=O) groups is 1. The number of rotatable bonds is 7. The van der Waals surface area contributed by atoms with Crippen LogP contribution in [0.1, 0.15) is 62.0 Å². The third-order valence-electron chi connectivity index (χ3n) is 7.41. The summed E-state index contributed by atoms with van der Waals surface area (Å²) in [5.41, 5.74) is 1.50. The fourth-order valence-electron chi connectivity index (χ4n) is 5.13. The molecular weight excluding hydrogens is 561 g/mol. The Morgan fingerprint density at radius 1 is 1.20 bits per heavy atom. The van der Waals surface area contributed by atoms with Crippen molar-refractivity contribution < 1.29 is 22.7 Å². The molecule has 0 N–H and O–H groups in total. The first kappa shape index (κ1) is 27.2. The highest BCUT2D eigenvalue weighted by atomic mass is 35.5. The van der Waals surface area contributed by atoms with E-state index in [-0.39, 0.29) is 35.6 Å². The second kappa shape index (κ2) is 10.1. The number of carbonyl (C=O) groups excluding carboxylic acids is 1. The SMILES string of the molecule is CCn1cc(C(F)(F)F)nc1-c1ccc(C(C)N2C(=O)CCn3nc(-c4c(OC)ncnc4C4CC4)nc32)cc1Cl. The standard InChI is InChI=1S/C27H26ClF3N8O2/c1-4-37-12-19(27(29,30)31)34-24(37)17-8-7-16(11-18(17)28)14(2)39-20(40)9-10-38-26(39)35-23(36-38)21-22(15-5-6-15)32-13-33-25(21)41-3/h7-8,11-15H,4-6,9-10H2,1-3H3. The third-order valence-corrected chi connectivity index (χ3v) is 7.72. The smallest absolute Gasteiger partial charge is 0.434 e. The lowest BCUT2D eigenvalue weighted by Crippen LogP contribution is -2.39. The van der Waals surface area contributed by atoms with E-state index in [2.05, 4.69) is 15.0 Å². The van der Waals surface area contributed by atoms with Crippen LogP contribution in [0.2, 0.25) is 5.02 Å². The average molecular weight is 587 g/mol. The molecule has 1 atom stereocenters. The number of nitrogens with zero attached hydrogens (tertiary/aromatic N) is 8. The number of hydrogen-bond donors (Lipinski definition) is 0. The summed E-state index contributed by atoms with van der Waals surface area (Å²) in [4.78, 5) is 32.1. The van der Waals surface area contributed by atoms with Crippen LogP contribution in [0.5, 0.6) is 5.88 Å². The Morgan fingerprint density at radius 3 is 2.63 bits per heavy atom. The van der Waals surface area contributed by atoms with E-state index in [0.717, 1.165) is 24.7 Å². The van der Waals surface area contributed by atoms with Crippen molar-refractivity contribution in [3.05, 3.63) is 52.7 Å². The number of anilines is 1. The van der Waals surface area contributed by atoms with Crippen LogP contribution in [-0.2, 0) is 24.1 Å². The Kier molecular flexibility index (Phi) is 6.71. The predicted molar refractivity (Wildman–Crippen MR) is 143 cm³/mol. The van der Waals surface area contributed by atoms with Gasteiger partial charge in [0.25, 0.3) is 0 Å². The average Bonchev–Trinajstić information content (AvgIpc) is 3.55. The fourth-order valence-corrected chi connectivity index (χ4v) is 5.41. The molecule has 1 saturated carbocycles. The summed E-state index contributed by atoms with van der Waals surface area (Å²) in [6.07, 6.45) is 0.103. The Balaban J connectivity index is 1.36. The first-order chi connectivity index (χ1) is 19.6. The van der Waals surface area contributed by atoms with Gasteiger partial charge in [0, 0.05) is 30.6 Å². The quantitative estimate of drug-likeness (QED) is 0.275. The van der Waals surface area contributed by atoms with E-state index < -0.39 is 17.9 Å². The Bertz CT molecular complexity index is 1650. The molecule has 0 bridgehead atoms. The molecule has 214 valence electrons. The van der Waals surface area contributed by atoms with Gasteiger partial charge in [0.15, 0.2) is 11.5 Å². The van der Waals surface area contributed by atoms with Crippen LogP contribution in [0.3, 0.4) is 0 Å². The lowest BCUT2D eigenvalue weighted by Gasteiger charge is -2.31. The van der Waals surface area contributed by atoms with E-state index in [0.29, 0.717) is 40.9 Å². The number of benzene rings is 1. The highest BCUT2D eigenvalue weighted by Gasteiger charge is 2.37. The number of aryl methyl sites for hydroxylation is 2. The van der Waals surface area contributed by atoms with E-state index in [1.165, 1.54) is 18.0 Å². The molecule has 14 heteroatoms. The summed E-state index contributed by atoms with van der Waals surface area (Å²) in [6.45, 7) is 4.21. The maximum absolute atomic E-state index is 13.3. The molecule has 1 aliphatic carbocycles. The van der Waals surface area contributed by atoms with E-state index in [1.54, 1.807) is 34.7 Å². The van der Waals surface area contributed by atoms with Crippen LogP contribution in [0.4, 0.5) is 19.1 Å². The van der Waals surface area contributed by atoms with Gasteiger partial charge in [0.1, 0.15) is 17.7 Å². The van der Waals surface area contributed by atoms with Crippen molar-refractivity contribution in [2.45, 2.75) is 64.3 Å². The molecule has 0 spiro atoms. The number of hydrogen-bond acceptors (Lipinski definition) is 7. The Labute approximate surface area is 238 Å². The summed E-state index contributed by atoms with van der Waals surface area (Å²) >= 11 is 6.61. The number of methoxy groups -OCH3 is 1. The lowest BCUT2D eigenvalue weighted by atomic mass is 10.0. The minimum atomic E-state index is -4.57. The molecule has 0 radical (unpaired) electrons. The predicted octanol–water partition coefficient (Wildman–Crippen LogP) is 5.67. The molecule has 1 aromatic carbocycles. The van der Waals surface area contributed by atoms with Crippen LogP contribution in [0.15, 0.2) is 30.7 Å². The third kappa shape index (κ3) is 4.81. The largest absolute Gasteiger partial charge is 0.480 e. The minimum absolute atomic E-state index is 0.118. The van der Waals surface area contributed by atoms with E-state index >= 15 is 0 Å². The normalized spacial score (nSPS) is 16.2. The number of aromatic nitrogens is 7. The molecule has 10 nitrogen and oxygen atoms in total. The van der Waals surface area contributed by atoms with Crippen molar-refractivity contribution >= 4 is 23.5 Å². The van der Waals surface area contributed by atoms with E-state index in [4.69, 9.17) is 26.4 Å². The number of imidazole rings is 1. The maximum atomic E-state index is 13.3. The zero-order valence-electron chi connectivity index (χ0n) is 22.5. The molecule has 2 aliphatic rings. The van der Waals surface area contributed by atoms with Crippen molar-refractivity contribution in [2.75, 3.05) is 12.0 Å². The summed E-state index contributed by atoms with van der Waals surface area (Å²) in [6, 6.07) is 4.50. The molecular formula is C27H26ClF3N8O2. The molecule has 6 rings (SSSR count). The van der Waals surface area contributed by atoms with Crippen LogP contribution >= 0.6 is 11.6 Å². The first-order valence-corrected chi connectivity index (χ1v) is 13.6. The van der Waals surface area contributed by atoms with Crippen molar-refractivity contribution in [2.24, 2.45) is 0 Å². The van der Waals surface area contributed by atoms with Gasteiger partial charge >= 0.3 is 6.18 Å². The number of fused-ring (bicyclic) bond motifs is 1. The second-order valence-corrected chi connectivity index (χ2v) is 10.4. The zero-order chi connectivity index (χ0) is 29.1. The Morgan fingerprint density at radius 2 is 1.98 bits per heavy atom. The first-order valence-electron chi connectivity index (χ1n) is 13.2. The summed E-state index contributed by atoms with van der Waals surface area (Å²) < 4.78 is 48.5. The van der Waals surface area contributed by atoms with Crippen LogP contribution < -0.4 is 9.64 Å². The monoisotopic (exact) mass is 586 g/mol. The van der Waals surface area contributed by atoms with Gasteiger partial charge in [-0.1, -0.05) is 17.7 Å². The molecule has 0 saturated heterocycles. The number of halogens is 4. The van der Waals surface area contributed by atoms with Gasteiger partial charge < -0.3 is 9.30 Å². The van der Waals surface area contributed by atoms with Crippen molar-refractivity contribution in [3.8, 4) is 28.7 Å². The van der Waals surface area contributed by atoms with E-state index in [1.807, 2.05) is 6.92 Å². The Hall–Kier alpha value is -4.00. The highest BCUT2D eigenvalue weighted by Crippen LogP contribution is 2.45. The minimum Gasteiger partial charge on any atom is -0.480 e. The van der Waals surface area contributed by atoms with Crippen molar-refractivity contribution in [3.63, 3.8) is 0 Å². The summed E-state index contributed by atoms with van der Waals surface area (Å²) in [5.74, 6) is 1.39. The van der Waals surface area contributed by atoms with Crippen molar-refractivity contribution in [1.29, 1.82) is 0 Å². The van der Waals surface area contributed by atoms with Gasteiger partial charge in [-0.25, -0.2) is 19.6 Å². The fraction of sp³-hybridized carbons (Fsp3) is 0.407. The van der Waals surface area contributed by atoms with Gasteiger partial charge in [-0.2, -0.15) is 18.2 Å². The van der Waals surface area contributed by atoms with Crippen LogP contribution in [0.25, 0.3) is 22.8 Å². The van der Waals surface area contributed by atoms with Gasteiger partial charge in [-0.15, -0.1) is 5.10 Å². The topological polar surface area (TPSA) is 104 Å². The number of ether oxygens (including phenoxy) is 1. The zero-order valence-corrected chi connectivity index (χ0v) is 23.2. The van der Waals surface area contributed by atoms with Gasteiger partial charge in [-0.05, 0) is 44.4 Å². The molecule has 1 fully saturated rings. The van der Waals surface area contributed by atoms with Gasteiger partial charge in [0.05, 0.1) is 30.4 Å². The molecule has 4 aromatic rings. The van der Waals surface area contributed by atoms with E-state index in [9.17, 15) is 18.0 Å². The second-order valence-electron chi connectivity index (χ2n) is 10.0. The maximum Gasteiger partial charge on any atom is 0.434 e. The number of amides is 1. The van der Waals surface area contributed by atoms with Crippen LogP contribution in [-0.4, -0.2) is 47.3 Å². The lowest BCUT2D eigenvalue weighted by molar-refractivity contribution is -0.140. The molecule has 1 amide bonds. The molecule has 1 aliphatic heterocycles. The highest BCUT2D eigenvalue weighted by molar-refractivity contribution is 6.33. The molecule has 1 unspecified atom stereocenters. The van der Waals surface area contributed by atoms with Gasteiger partial charge in [-0.3, -0.25) is 9.69 Å². The van der Waals surface area contributed by atoms with Gasteiger partial charge in [0.2, 0.25) is 17.7 Å². The van der Waals surface area contributed by atoms with Crippen molar-refractivity contribution in [1.82, 2.24) is 34.3 Å². The molecule has 3 aromatic heterocycles.